The van der Waals surface area contributed by atoms with Gasteiger partial charge >= 0.3 is 0 Å². The monoisotopic (exact) mass is 326 g/mol. The number of pyridine rings is 1. The maximum Gasteiger partial charge on any atom is 0.263 e. The number of hydrogen-bond acceptors (Lipinski definition) is 4. The van der Waals surface area contributed by atoms with E-state index in [1.165, 1.54) is 12.1 Å². The Balaban J connectivity index is 2.12. The third-order valence-corrected chi connectivity index (χ3v) is 5.09. The average Bonchev–Trinajstić information content (AvgIpc) is 2.83. The molecule has 0 amide bonds. The van der Waals surface area contributed by atoms with E-state index in [2.05, 4.69) is 9.71 Å². The van der Waals surface area contributed by atoms with E-state index in [9.17, 15) is 8.42 Å². The first-order valence-electron chi connectivity index (χ1n) is 6.90. The molecule has 2 heterocycles. The number of anilines is 1. The smallest absolute Gasteiger partial charge is 0.263 e. The van der Waals surface area contributed by atoms with Gasteiger partial charge in [-0.1, -0.05) is 12.1 Å². The fourth-order valence-corrected chi connectivity index (χ4v) is 3.59. The van der Waals surface area contributed by atoms with Crippen molar-refractivity contribution >= 4 is 21.4 Å². The maximum absolute atomic E-state index is 12.6. The number of aromatic nitrogens is 2. The van der Waals surface area contributed by atoms with Gasteiger partial charge in [0, 0.05) is 11.9 Å². The summed E-state index contributed by atoms with van der Waals surface area (Å²) in [6, 6.07) is 11.4. The Kier molecular flexibility index (Phi) is 3.54. The molecule has 3 rings (SSSR count). The molecule has 0 atom stereocenters. The Morgan fingerprint density at radius 1 is 1.17 bits per heavy atom. The van der Waals surface area contributed by atoms with Crippen LogP contribution in [0.3, 0.4) is 0 Å². The number of nitrogens with one attached hydrogen (secondary N) is 1. The third-order valence-electron chi connectivity index (χ3n) is 3.67. The molecular weight excluding hydrogens is 312 g/mol. The standard InChI is InChI=1S/C16H14N4O2S/c1-11-12(2)20-9-5-7-14(16(20)18-11)19-23(21,22)15-8-4-3-6-13(15)10-17/h3-9,19H,1-2H3. The maximum atomic E-state index is 12.6. The van der Waals surface area contributed by atoms with Crippen molar-refractivity contribution in [3.05, 3.63) is 59.5 Å². The van der Waals surface area contributed by atoms with Crippen LogP contribution in [-0.2, 0) is 10.0 Å². The predicted molar refractivity (Wildman–Crippen MR) is 86.6 cm³/mol. The number of hydrogen-bond donors (Lipinski definition) is 1. The molecule has 1 N–H and O–H groups in total. The number of fused-ring (bicyclic) bond motifs is 1. The molecule has 116 valence electrons. The summed E-state index contributed by atoms with van der Waals surface area (Å²) in [6.45, 7) is 3.78. The van der Waals surface area contributed by atoms with Gasteiger partial charge in [0.2, 0.25) is 0 Å². The highest BCUT2D eigenvalue weighted by atomic mass is 32.2. The molecule has 23 heavy (non-hydrogen) atoms. The number of sulfonamides is 1. The van der Waals surface area contributed by atoms with Crippen molar-refractivity contribution in [1.82, 2.24) is 9.38 Å². The van der Waals surface area contributed by atoms with Crippen molar-refractivity contribution in [2.75, 3.05) is 4.72 Å². The summed E-state index contributed by atoms with van der Waals surface area (Å²) in [5, 5.41) is 9.10. The van der Waals surface area contributed by atoms with Crippen molar-refractivity contribution in [1.29, 1.82) is 5.26 Å². The van der Waals surface area contributed by atoms with Crippen LogP contribution < -0.4 is 4.72 Å². The minimum atomic E-state index is -3.88. The van der Waals surface area contributed by atoms with Gasteiger partial charge in [-0.25, -0.2) is 13.4 Å². The molecule has 0 aliphatic heterocycles. The van der Waals surface area contributed by atoms with Crippen molar-refractivity contribution in [2.45, 2.75) is 18.7 Å². The minimum absolute atomic E-state index is 0.0514. The van der Waals surface area contributed by atoms with Crippen LogP contribution in [-0.4, -0.2) is 17.8 Å². The number of aryl methyl sites for hydroxylation is 2. The molecule has 0 fully saturated rings. The van der Waals surface area contributed by atoms with Gasteiger partial charge in [-0.2, -0.15) is 5.26 Å². The Bertz CT molecular complexity index is 1050. The molecule has 2 aromatic heterocycles. The molecule has 0 saturated carbocycles. The van der Waals surface area contributed by atoms with Crippen LogP contribution in [0.1, 0.15) is 17.0 Å². The van der Waals surface area contributed by atoms with Gasteiger partial charge in [0.15, 0.2) is 5.65 Å². The molecule has 0 aliphatic rings. The number of imidazole rings is 1. The van der Waals surface area contributed by atoms with Crippen LogP contribution in [0.15, 0.2) is 47.5 Å². The lowest BCUT2D eigenvalue weighted by atomic mass is 10.2. The number of nitrogens with zero attached hydrogens (tertiary/aromatic N) is 3. The Morgan fingerprint density at radius 2 is 1.91 bits per heavy atom. The number of rotatable bonds is 3. The molecule has 7 heteroatoms. The molecule has 3 aromatic rings. The third kappa shape index (κ3) is 2.53. The minimum Gasteiger partial charge on any atom is -0.302 e. The summed E-state index contributed by atoms with van der Waals surface area (Å²) < 4.78 is 29.6. The molecule has 0 bridgehead atoms. The average molecular weight is 326 g/mol. The van der Waals surface area contributed by atoms with Crippen LogP contribution >= 0.6 is 0 Å². The molecule has 0 spiro atoms. The Labute approximate surface area is 134 Å². The van der Waals surface area contributed by atoms with Crippen LogP contribution in [0, 0.1) is 25.2 Å². The van der Waals surface area contributed by atoms with Crippen molar-refractivity contribution in [3.63, 3.8) is 0 Å². The van der Waals surface area contributed by atoms with E-state index >= 15 is 0 Å². The highest BCUT2D eigenvalue weighted by Crippen LogP contribution is 2.23. The fourth-order valence-electron chi connectivity index (χ4n) is 2.37. The van der Waals surface area contributed by atoms with Crippen molar-refractivity contribution in [3.8, 4) is 6.07 Å². The molecule has 6 nitrogen and oxygen atoms in total. The highest BCUT2D eigenvalue weighted by molar-refractivity contribution is 7.92. The van der Waals surface area contributed by atoms with Crippen LogP contribution in [0.2, 0.25) is 0 Å². The first kappa shape index (κ1) is 15.1. The van der Waals surface area contributed by atoms with E-state index in [0.717, 1.165) is 11.4 Å². The summed E-state index contributed by atoms with van der Waals surface area (Å²) in [7, 11) is -3.88. The fraction of sp³-hybridized carbons (Fsp3) is 0.125. The summed E-state index contributed by atoms with van der Waals surface area (Å²) in [5.74, 6) is 0. The summed E-state index contributed by atoms with van der Waals surface area (Å²) >= 11 is 0. The number of nitriles is 1. The lowest BCUT2D eigenvalue weighted by molar-refractivity contribution is 0.601. The predicted octanol–water partition coefficient (Wildman–Crippen LogP) is 2.62. The molecule has 1 aromatic carbocycles. The normalized spacial score (nSPS) is 11.3. The van der Waals surface area contributed by atoms with Crippen molar-refractivity contribution < 1.29 is 8.42 Å². The van der Waals surface area contributed by atoms with Crippen LogP contribution in [0.4, 0.5) is 5.69 Å². The first-order chi connectivity index (χ1) is 10.9. The van der Waals surface area contributed by atoms with E-state index < -0.39 is 10.0 Å². The molecule has 0 saturated heterocycles. The van der Waals surface area contributed by atoms with Gasteiger partial charge in [-0.05, 0) is 38.1 Å². The Morgan fingerprint density at radius 3 is 2.65 bits per heavy atom. The van der Waals surface area contributed by atoms with E-state index in [0.29, 0.717) is 11.3 Å². The zero-order chi connectivity index (χ0) is 16.6. The summed E-state index contributed by atoms with van der Waals surface area (Å²) in [6.07, 6.45) is 1.83. The Hall–Kier alpha value is -2.85. The van der Waals surface area contributed by atoms with Gasteiger partial charge in [-0.15, -0.1) is 0 Å². The molecular formula is C16H14N4O2S. The SMILES string of the molecule is Cc1nc2c(NS(=O)(=O)c3ccccc3C#N)cccn2c1C. The second-order valence-electron chi connectivity index (χ2n) is 5.11. The second-order valence-corrected chi connectivity index (χ2v) is 6.76. The van der Waals surface area contributed by atoms with E-state index in [1.807, 2.05) is 30.5 Å². The van der Waals surface area contributed by atoms with Gasteiger partial charge < -0.3 is 4.40 Å². The largest absolute Gasteiger partial charge is 0.302 e. The summed E-state index contributed by atoms with van der Waals surface area (Å²) in [4.78, 5) is 4.35. The van der Waals surface area contributed by atoms with Gasteiger partial charge in [0.05, 0.1) is 16.9 Å². The van der Waals surface area contributed by atoms with Crippen molar-refractivity contribution in [2.24, 2.45) is 0 Å². The van der Waals surface area contributed by atoms with Gasteiger partial charge in [-0.3, -0.25) is 4.72 Å². The quantitative estimate of drug-likeness (QED) is 0.801. The first-order valence-corrected chi connectivity index (χ1v) is 8.38. The second kappa shape index (κ2) is 5.41. The van der Waals surface area contributed by atoms with Gasteiger partial charge in [0.1, 0.15) is 11.0 Å². The zero-order valence-electron chi connectivity index (χ0n) is 12.6. The van der Waals surface area contributed by atoms with E-state index in [4.69, 9.17) is 5.26 Å². The highest BCUT2D eigenvalue weighted by Gasteiger charge is 2.20. The van der Waals surface area contributed by atoms with E-state index in [1.54, 1.807) is 24.3 Å². The van der Waals surface area contributed by atoms with E-state index in [-0.39, 0.29) is 10.5 Å². The lowest BCUT2D eigenvalue weighted by Crippen LogP contribution is -2.15. The molecule has 0 aliphatic carbocycles. The molecule has 0 unspecified atom stereocenters. The topological polar surface area (TPSA) is 87.3 Å². The zero-order valence-corrected chi connectivity index (χ0v) is 13.4. The van der Waals surface area contributed by atoms with Crippen LogP contribution in [0.5, 0.6) is 0 Å². The van der Waals surface area contributed by atoms with Crippen LogP contribution in [0.25, 0.3) is 5.65 Å². The summed E-state index contributed by atoms with van der Waals surface area (Å²) in [5.41, 5.74) is 2.77. The lowest BCUT2D eigenvalue weighted by Gasteiger charge is -2.10. The molecule has 0 radical (unpaired) electrons. The number of benzene rings is 1. The van der Waals surface area contributed by atoms with Gasteiger partial charge in [0.25, 0.3) is 10.0 Å².